The second-order valence-electron chi connectivity index (χ2n) is 16.4. The first-order valence-corrected chi connectivity index (χ1v) is 20.3. The van der Waals surface area contributed by atoms with Gasteiger partial charge in [0.05, 0.1) is 16.9 Å². The Morgan fingerprint density at radius 3 is 2.49 bits per heavy atom. The van der Waals surface area contributed by atoms with Gasteiger partial charge in [0.25, 0.3) is 0 Å². The fourth-order valence-electron chi connectivity index (χ4n) is 6.09. The van der Waals surface area contributed by atoms with Gasteiger partial charge < -0.3 is 19.4 Å². The Labute approximate surface area is 297 Å². The van der Waals surface area contributed by atoms with Crippen LogP contribution in [-0.2, 0) is 21.1 Å². The van der Waals surface area contributed by atoms with E-state index in [2.05, 4.69) is 74.2 Å². The zero-order valence-electron chi connectivity index (χ0n) is 30.6. The zero-order chi connectivity index (χ0) is 35.9. The van der Waals surface area contributed by atoms with Gasteiger partial charge in [0, 0.05) is 42.9 Å². The average Bonchev–Trinajstić information content (AvgIpc) is 3.51. The smallest absolute Gasteiger partial charge is 0.414 e. The van der Waals surface area contributed by atoms with Gasteiger partial charge in [0.1, 0.15) is 17.5 Å². The maximum absolute atomic E-state index is 13.6. The average molecular weight is 707 g/mol. The predicted octanol–water partition coefficient (Wildman–Crippen LogP) is 7.99. The van der Waals surface area contributed by atoms with E-state index in [1.54, 1.807) is 23.2 Å². The minimum atomic E-state index is -2.14. The maximum atomic E-state index is 13.6. The summed E-state index contributed by atoms with van der Waals surface area (Å²) in [6.45, 7) is 22.3. The van der Waals surface area contributed by atoms with E-state index in [1.165, 1.54) is 0 Å². The van der Waals surface area contributed by atoms with Crippen molar-refractivity contribution < 1.29 is 14.0 Å². The summed E-state index contributed by atoms with van der Waals surface area (Å²) >= 11 is 6.37. The third-order valence-electron chi connectivity index (χ3n) is 10.0. The standard InChI is InChI=1S/C36H51ClN8O3Si/c1-34(2,3)48-33(46)44-22-36(7,23-47-49(9,10)35(4,5)6)27-18-25(17-26(20-38)31(27)44)28-11-14-39-32(40-28)41-30-19-29(37)42-45(30)21-24-12-15-43(8)16-13-24/h11,14,17-19,24H,12-13,15-16,21-23H2,1-10H3,(H,39,40,41). The van der Waals surface area contributed by atoms with E-state index in [1.807, 2.05) is 37.6 Å². The minimum absolute atomic E-state index is 0.00634. The highest BCUT2D eigenvalue weighted by molar-refractivity contribution is 6.74. The SMILES string of the molecule is CN1CCC(Cn2nc(Cl)cc2Nc2nccc(-c3cc(C#N)c4c(c3)C(C)(CO[Si](C)(C)C(C)(C)C)CN4C(=O)OC(C)(C)C)n2)CC1. The zero-order valence-corrected chi connectivity index (χ0v) is 32.4. The molecule has 0 aliphatic carbocycles. The summed E-state index contributed by atoms with van der Waals surface area (Å²) in [5.74, 6) is 1.61. The normalized spacial score (nSPS) is 19.1. The van der Waals surface area contributed by atoms with E-state index in [0.717, 1.165) is 49.4 Å². The Hall–Kier alpha value is -3.50. The first-order chi connectivity index (χ1) is 22.8. The summed E-state index contributed by atoms with van der Waals surface area (Å²) < 4.78 is 14.5. The van der Waals surface area contributed by atoms with Crippen LogP contribution in [0.3, 0.4) is 0 Å². The lowest BCUT2D eigenvalue weighted by Gasteiger charge is -2.39. The number of hydrogen-bond acceptors (Lipinski definition) is 9. The molecule has 1 amide bonds. The molecule has 5 rings (SSSR count). The van der Waals surface area contributed by atoms with Crippen LogP contribution in [0.4, 0.5) is 22.2 Å². The molecule has 4 heterocycles. The molecule has 2 aliphatic rings. The summed E-state index contributed by atoms with van der Waals surface area (Å²) in [6, 6.07) is 9.78. The fraction of sp³-hybridized carbons (Fsp3) is 0.583. The number of amides is 1. The molecule has 2 aliphatic heterocycles. The van der Waals surface area contributed by atoms with Gasteiger partial charge in [-0.05, 0) is 102 Å². The van der Waals surface area contributed by atoms with Crippen LogP contribution in [0.1, 0.15) is 72.4 Å². The lowest BCUT2D eigenvalue weighted by Crippen LogP contribution is -2.46. The maximum Gasteiger partial charge on any atom is 0.414 e. The monoisotopic (exact) mass is 706 g/mol. The van der Waals surface area contributed by atoms with E-state index < -0.39 is 25.4 Å². The number of hydrogen-bond donors (Lipinski definition) is 1. The fourth-order valence-corrected chi connectivity index (χ4v) is 7.40. The van der Waals surface area contributed by atoms with Crippen molar-refractivity contribution >= 4 is 43.5 Å². The lowest BCUT2D eigenvalue weighted by atomic mass is 9.83. The Morgan fingerprint density at radius 2 is 1.86 bits per heavy atom. The summed E-state index contributed by atoms with van der Waals surface area (Å²) in [5, 5.41) is 18.7. The quantitative estimate of drug-likeness (QED) is 0.232. The molecule has 1 fully saturated rings. The highest BCUT2D eigenvalue weighted by atomic mass is 35.5. The number of carbonyl (C=O) groups excluding carboxylic acids is 1. The van der Waals surface area contributed by atoms with Crippen molar-refractivity contribution in [1.29, 1.82) is 5.26 Å². The highest BCUT2D eigenvalue weighted by Gasteiger charge is 2.47. The summed E-state index contributed by atoms with van der Waals surface area (Å²) in [5.41, 5.74) is 1.84. The van der Waals surface area contributed by atoms with Crippen LogP contribution in [0, 0.1) is 17.2 Å². The number of piperidine rings is 1. The number of nitrogens with zero attached hydrogens (tertiary/aromatic N) is 7. The van der Waals surface area contributed by atoms with Crippen LogP contribution >= 0.6 is 11.6 Å². The van der Waals surface area contributed by atoms with Crippen LogP contribution in [0.2, 0.25) is 23.3 Å². The minimum Gasteiger partial charge on any atom is -0.443 e. The molecule has 0 spiro atoms. The number of rotatable bonds is 8. The number of nitrogens with one attached hydrogen (secondary N) is 1. The molecule has 11 nitrogen and oxygen atoms in total. The molecule has 264 valence electrons. The molecule has 49 heavy (non-hydrogen) atoms. The molecule has 2 aromatic heterocycles. The van der Waals surface area contributed by atoms with Crippen molar-refractivity contribution in [2.45, 2.75) is 97.0 Å². The molecule has 0 saturated carbocycles. The molecular formula is C36H51ClN8O3Si. The van der Waals surface area contributed by atoms with E-state index in [4.69, 9.17) is 25.7 Å². The van der Waals surface area contributed by atoms with Gasteiger partial charge in [0.2, 0.25) is 5.95 Å². The number of halogens is 1. The van der Waals surface area contributed by atoms with Crippen LogP contribution < -0.4 is 10.2 Å². The topological polar surface area (TPSA) is 121 Å². The number of aromatic nitrogens is 4. The van der Waals surface area contributed by atoms with Gasteiger partial charge in [0.15, 0.2) is 13.5 Å². The Bertz CT molecular complexity index is 1730. The number of likely N-dealkylation sites (tertiary alicyclic amines) is 1. The number of benzene rings is 1. The van der Waals surface area contributed by atoms with Gasteiger partial charge >= 0.3 is 6.09 Å². The molecule has 13 heteroatoms. The van der Waals surface area contributed by atoms with Crippen molar-refractivity contribution in [1.82, 2.24) is 24.6 Å². The summed E-state index contributed by atoms with van der Waals surface area (Å²) in [7, 11) is 0.0123. The summed E-state index contributed by atoms with van der Waals surface area (Å²) in [6.07, 6.45) is 3.41. The first-order valence-electron chi connectivity index (χ1n) is 17.0. The molecule has 3 aromatic rings. The number of fused-ring (bicyclic) bond motifs is 1. The third-order valence-corrected chi connectivity index (χ3v) is 14.7. The van der Waals surface area contributed by atoms with Crippen LogP contribution in [-0.4, -0.2) is 77.9 Å². The first kappa shape index (κ1) is 36.8. The second kappa shape index (κ2) is 13.7. The van der Waals surface area contributed by atoms with E-state index in [9.17, 15) is 10.1 Å². The van der Waals surface area contributed by atoms with Crippen molar-refractivity contribution in [3.8, 4) is 17.3 Å². The third kappa shape index (κ3) is 8.28. The Morgan fingerprint density at radius 1 is 1.16 bits per heavy atom. The van der Waals surface area contributed by atoms with Crippen molar-refractivity contribution in [3.05, 3.63) is 46.7 Å². The van der Waals surface area contributed by atoms with E-state index >= 15 is 0 Å². The van der Waals surface area contributed by atoms with Crippen molar-refractivity contribution in [3.63, 3.8) is 0 Å². The van der Waals surface area contributed by atoms with Crippen molar-refractivity contribution in [2.75, 3.05) is 43.5 Å². The second-order valence-corrected chi connectivity index (χ2v) is 21.6. The molecule has 1 aromatic carbocycles. The molecule has 1 saturated heterocycles. The van der Waals surface area contributed by atoms with E-state index in [0.29, 0.717) is 47.1 Å². The Balaban J connectivity index is 1.50. The van der Waals surface area contributed by atoms with Crippen LogP contribution in [0.25, 0.3) is 11.3 Å². The molecule has 1 atom stereocenters. The highest BCUT2D eigenvalue weighted by Crippen LogP contribution is 2.47. The largest absolute Gasteiger partial charge is 0.443 e. The van der Waals surface area contributed by atoms with Gasteiger partial charge in [-0.15, -0.1) is 0 Å². The van der Waals surface area contributed by atoms with Crippen molar-refractivity contribution in [2.24, 2.45) is 5.92 Å². The molecule has 0 radical (unpaired) electrons. The molecule has 0 bridgehead atoms. The van der Waals surface area contributed by atoms with Gasteiger partial charge in [-0.25, -0.2) is 19.4 Å². The Kier molecular flexibility index (Phi) is 10.3. The predicted molar refractivity (Wildman–Crippen MR) is 197 cm³/mol. The lowest BCUT2D eigenvalue weighted by molar-refractivity contribution is 0.0575. The summed E-state index contributed by atoms with van der Waals surface area (Å²) in [4.78, 5) is 26.9. The van der Waals surface area contributed by atoms with Gasteiger partial charge in [-0.3, -0.25) is 4.90 Å². The number of nitriles is 1. The van der Waals surface area contributed by atoms with E-state index in [-0.39, 0.29) is 5.04 Å². The van der Waals surface area contributed by atoms with Crippen LogP contribution in [0.5, 0.6) is 0 Å². The molecular weight excluding hydrogens is 656 g/mol. The van der Waals surface area contributed by atoms with Gasteiger partial charge in [-0.1, -0.05) is 39.3 Å². The number of carbonyl (C=O) groups is 1. The van der Waals surface area contributed by atoms with Gasteiger partial charge in [-0.2, -0.15) is 10.4 Å². The van der Waals surface area contributed by atoms with Crippen LogP contribution in [0.15, 0.2) is 30.5 Å². The number of anilines is 3. The molecule has 1 unspecified atom stereocenters. The molecule has 1 N–H and O–H groups in total. The number of ether oxygens (including phenoxy) is 1.